The molecule has 280 valence electrons. The van der Waals surface area contributed by atoms with E-state index in [0.29, 0.717) is 29.2 Å². The number of halogens is 4. The number of nitrogens with two attached hydrogens (primary N) is 1. The van der Waals surface area contributed by atoms with E-state index in [1.165, 1.54) is 43.3 Å². The number of alkyl halides is 3. The largest absolute Gasteiger partial charge is 0.494 e. The van der Waals surface area contributed by atoms with Crippen LogP contribution in [0.25, 0.3) is 10.8 Å². The molecule has 4 rings (SSSR count). The SMILES string of the molecule is CCOc1ccc(F)c(C(Nc2ccc3c(N)nccc3c2)C(=O)NCc2cc(NC(=O)OC(C)C)ccc2S(=O)(=O)CC)c1.O=C(O)C(F)(F)F. The van der Waals surface area contributed by atoms with Crippen molar-refractivity contribution in [2.24, 2.45) is 0 Å². The Hall–Kier alpha value is -5.65. The van der Waals surface area contributed by atoms with Gasteiger partial charge >= 0.3 is 18.2 Å². The Morgan fingerprint density at radius 3 is 2.27 bits per heavy atom. The molecule has 6 N–H and O–H groups in total. The summed E-state index contributed by atoms with van der Waals surface area (Å²) in [7, 11) is -3.71. The van der Waals surface area contributed by atoms with Crippen LogP contribution >= 0.6 is 0 Å². The number of hydrogen-bond acceptors (Lipinski definition) is 10. The number of nitrogens with one attached hydrogen (secondary N) is 3. The summed E-state index contributed by atoms with van der Waals surface area (Å²) in [6.45, 7) is 6.77. The molecule has 1 heterocycles. The summed E-state index contributed by atoms with van der Waals surface area (Å²) >= 11 is 0. The van der Waals surface area contributed by atoms with Crippen molar-refractivity contribution in [3.8, 4) is 5.75 Å². The maximum Gasteiger partial charge on any atom is 0.490 e. The molecule has 0 radical (unpaired) electrons. The minimum absolute atomic E-state index is 0.0113. The van der Waals surface area contributed by atoms with Crippen LogP contribution in [0.4, 0.5) is 39.5 Å². The van der Waals surface area contributed by atoms with Gasteiger partial charge in [-0.3, -0.25) is 10.1 Å². The van der Waals surface area contributed by atoms with Crippen molar-refractivity contribution in [1.82, 2.24) is 10.3 Å². The number of nitrogens with zero attached hydrogens (tertiary/aromatic N) is 1. The molecular formula is C34H37F4N5O8S. The molecule has 18 heteroatoms. The Morgan fingerprint density at radius 2 is 1.65 bits per heavy atom. The van der Waals surface area contributed by atoms with Gasteiger partial charge in [-0.15, -0.1) is 0 Å². The zero-order valence-corrected chi connectivity index (χ0v) is 29.2. The molecule has 1 aromatic heterocycles. The second kappa shape index (κ2) is 17.5. The molecule has 0 bridgehead atoms. The lowest BCUT2D eigenvalue weighted by atomic mass is 10.0. The van der Waals surface area contributed by atoms with E-state index in [2.05, 4.69) is 20.9 Å². The van der Waals surface area contributed by atoms with Crippen molar-refractivity contribution in [3.05, 3.63) is 83.8 Å². The maximum atomic E-state index is 15.3. The molecule has 3 aromatic carbocycles. The van der Waals surface area contributed by atoms with Gasteiger partial charge in [-0.1, -0.05) is 6.92 Å². The predicted molar refractivity (Wildman–Crippen MR) is 185 cm³/mol. The molecule has 0 saturated carbocycles. The van der Waals surface area contributed by atoms with Gasteiger partial charge in [0.1, 0.15) is 23.4 Å². The first-order valence-corrected chi connectivity index (χ1v) is 17.3. The van der Waals surface area contributed by atoms with Gasteiger partial charge in [0.2, 0.25) is 5.91 Å². The molecule has 52 heavy (non-hydrogen) atoms. The lowest BCUT2D eigenvalue weighted by Crippen LogP contribution is -2.34. The second-order valence-corrected chi connectivity index (χ2v) is 13.4. The van der Waals surface area contributed by atoms with Gasteiger partial charge in [0.25, 0.3) is 0 Å². The Balaban J connectivity index is 0.000000944. The number of hydrogen-bond donors (Lipinski definition) is 5. The molecular weight excluding hydrogens is 714 g/mol. The summed E-state index contributed by atoms with van der Waals surface area (Å²) in [6, 6.07) is 14.1. The first-order chi connectivity index (χ1) is 24.4. The van der Waals surface area contributed by atoms with Gasteiger partial charge in [0.15, 0.2) is 9.84 Å². The highest BCUT2D eigenvalue weighted by Crippen LogP contribution is 2.30. The number of aliphatic carboxylic acids is 1. The van der Waals surface area contributed by atoms with E-state index in [-0.39, 0.29) is 40.1 Å². The fourth-order valence-corrected chi connectivity index (χ4v) is 5.76. The molecule has 0 aliphatic carbocycles. The third kappa shape index (κ3) is 11.2. The van der Waals surface area contributed by atoms with E-state index in [0.717, 1.165) is 5.39 Å². The number of fused-ring (bicyclic) bond motifs is 1. The molecule has 1 unspecified atom stereocenters. The molecule has 4 aromatic rings. The molecule has 1 atom stereocenters. The standard InChI is InChI=1S/C32H36FN5O6S.C2HF3O2/c1-5-43-24-9-11-27(33)26(17-24)29(37-22-7-10-25-20(15-22)13-14-35-30(25)34)31(39)36-18-21-16-23(38-32(40)44-19(3)4)8-12-28(21)45(41,42)6-2;3-2(4,5)1(6)7/h7-17,19,29,37H,5-6,18H2,1-4H3,(H2,34,35)(H,36,39)(H,38,40);(H,6,7). The van der Waals surface area contributed by atoms with E-state index in [1.807, 2.05) is 0 Å². The molecule has 0 fully saturated rings. The summed E-state index contributed by atoms with van der Waals surface area (Å²) in [5.41, 5.74) is 7.00. The van der Waals surface area contributed by atoms with Crippen molar-refractivity contribution < 1.29 is 54.9 Å². The fraction of sp³-hybridized carbons (Fsp3) is 0.294. The Bertz CT molecular complexity index is 2030. The fourth-order valence-electron chi connectivity index (χ4n) is 4.64. The number of carboxylic acids is 1. The lowest BCUT2D eigenvalue weighted by molar-refractivity contribution is -0.192. The number of carboxylic acid groups (broad SMARTS) is 1. The van der Waals surface area contributed by atoms with Gasteiger partial charge in [-0.2, -0.15) is 13.2 Å². The highest BCUT2D eigenvalue weighted by molar-refractivity contribution is 7.91. The summed E-state index contributed by atoms with van der Waals surface area (Å²) < 4.78 is 83.5. The van der Waals surface area contributed by atoms with Gasteiger partial charge in [-0.05, 0) is 92.4 Å². The van der Waals surface area contributed by atoms with E-state index in [9.17, 15) is 31.2 Å². The van der Waals surface area contributed by atoms with Crippen LogP contribution in [-0.4, -0.2) is 61.1 Å². The normalized spacial score (nSPS) is 11.9. The number of carbonyl (C=O) groups excluding carboxylic acids is 2. The number of amides is 2. The summed E-state index contributed by atoms with van der Waals surface area (Å²) in [5.74, 6) is -3.52. The molecule has 2 amide bonds. The second-order valence-electron chi connectivity index (χ2n) is 11.2. The monoisotopic (exact) mass is 751 g/mol. The van der Waals surface area contributed by atoms with E-state index < -0.39 is 45.8 Å². The lowest BCUT2D eigenvalue weighted by Gasteiger charge is -2.22. The molecule has 0 aliphatic rings. The van der Waals surface area contributed by atoms with E-state index >= 15 is 4.39 Å². The third-order valence-corrected chi connectivity index (χ3v) is 8.85. The van der Waals surface area contributed by atoms with Crippen LogP contribution in [0.3, 0.4) is 0 Å². The highest BCUT2D eigenvalue weighted by atomic mass is 32.2. The number of pyridine rings is 1. The Labute approximate surface area is 296 Å². The average Bonchev–Trinajstić information content (AvgIpc) is 3.06. The number of nitrogen functional groups attached to an aromatic ring is 1. The minimum Gasteiger partial charge on any atom is -0.494 e. The summed E-state index contributed by atoms with van der Waals surface area (Å²) in [5, 5.41) is 17.0. The third-order valence-electron chi connectivity index (χ3n) is 7.02. The highest BCUT2D eigenvalue weighted by Gasteiger charge is 2.38. The Morgan fingerprint density at radius 1 is 0.981 bits per heavy atom. The molecule has 0 spiro atoms. The predicted octanol–water partition coefficient (Wildman–Crippen LogP) is 6.21. The van der Waals surface area contributed by atoms with Crippen molar-refractivity contribution in [2.75, 3.05) is 28.7 Å². The number of sulfone groups is 1. The van der Waals surface area contributed by atoms with Gasteiger partial charge in [-0.25, -0.2) is 27.4 Å². The van der Waals surface area contributed by atoms with E-state index in [1.54, 1.807) is 51.2 Å². The van der Waals surface area contributed by atoms with Crippen LogP contribution in [0.15, 0.2) is 71.8 Å². The number of ether oxygens (including phenoxy) is 2. The topological polar surface area (TPSA) is 199 Å². The zero-order chi connectivity index (χ0) is 38.8. The quantitative estimate of drug-likeness (QED) is 0.103. The van der Waals surface area contributed by atoms with Crippen molar-refractivity contribution in [1.29, 1.82) is 0 Å². The average molecular weight is 752 g/mol. The first-order valence-electron chi connectivity index (χ1n) is 15.6. The van der Waals surface area contributed by atoms with Gasteiger partial charge < -0.3 is 30.9 Å². The van der Waals surface area contributed by atoms with Crippen LogP contribution in [0.5, 0.6) is 5.75 Å². The minimum atomic E-state index is -5.08. The van der Waals surface area contributed by atoms with Gasteiger partial charge in [0.05, 0.1) is 23.4 Å². The van der Waals surface area contributed by atoms with Crippen LogP contribution in [0.2, 0.25) is 0 Å². The molecule has 0 aliphatic heterocycles. The number of rotatable bonds is 12. The summed E-state index contributed by atoms with van der Waals surface area (Å²) in [4.78, 5) is 39.0. The van der Waals surface area contributed by atoms with E-state index in [4.69, 9.17) is 25.1 Å². The first kappa shape index (κ1) is 40.8. The number of benzene rings is 3. The summed E-state index contributed by atoms with van der Waals surface area (Å²) in [6.07, 6.45) is -4.61. The van der Waals surface area contributed by atoms with Crippen LogP contribution in [0, 0.1) is 5.82 Å². The van der Waals surface area contributed by atoms with Crippen LogP contribution < -0.4 is 26.4 Å². The molecule has 0 saturated heterocycles. The number of anilines is 3. The van der Waals surface area contributed by atoms with Crippen LogP contribution in [0.1, 0.15) is 44.9 Å². The van der Waals surface area contributed by atoms with Crippen LogP contribution in [-0.2, 0) is 30.7 Å². The van der Waals surface area contributed by atoms with Crippen molar-refractivity contribution in [2.45, 2.75) is 57.5 Å². The smallest absolute Gasteiger partial charge is 0.490 e. The van der Waals surface area contributed by atoms with Crippen molar-refractivity contribution in [3.63, 3.8) is 0 Å². The van der Waals surface area contributed by atoms with Gasteiger partial charge in [0, 0.05) is 35.1 Å². The zero-order valence-electron chi connectivity index (χ0n) is 28.4. The van der Waals surface area contributed by atoms with Crippen molar-refractivity contribution >= 4 is 55.8 Å². The number of carbonyl (C=O) groups is 3. The number of aromatic nitrogens is 1. The Kier molecular flexibility index (Phi) is 13.7. The maximum absolute atomic E-state index is 15.3. The molecule has 13 nitrogen and oxygen atoms in total.